The number of carbonyl (C=O) groups is 1. The van der Waals surface area contributed by atoms with E-state index in [1.807, 2.05) is 0 Å². The first-order chi connectivity index (χ1) is 7.24. The summed E-state index contributed by atoms with van der Waals surface area (Å²) >= 11 is 0. The van der Waals surface area contributed by atoms with Crippen molar-refractivity contribution in [2.75, 3.05) is 0 Å². The van der Waals surface area contributed by atoms with Gasteiger partial charge < -0.3 is 13.9 Å². The van der Waals surface area contributed by atoms with Gasteiger partial charge in [-0.2, -0.15) is 0 Å². The highest BCUT2D eigenvalue weighted by atomic mass is 16.4. The lowest BCUT2D eigenvalue weighted by atomic mass is 10.3. The lowest BCUT2D eigenvalue weighted by Crippen LogP contribution is -2.00. The van der Waals surface area contributed by atoms with E-state index >= 15 is 0 Å². The number of hydrogen-bond donors (Lipinski definition) is 1. The van der Waals surface area contributed by atoms with Crippen LogP contribution in [0.2, 0.25) is 0 Å². The summed E-state index contributed by atoms with van der Waals surface area (Å²) in [5.74, 6) is 0.271. The second kappa shape index (κ2) is 4.00. The van der Waals surface area contributed by atoms with Crippen LogP contribution >= 0.6 is 0 Å². The first-order valence-corrected chi connectivity index (χ1v) is 4.41. The Morgan fingerprint density at radius 1 is 1.47 bits per heavy atom. The van der Waals surface area contributed by atoms with Crippen LogP contribution in [0.1, 0.15) is 17.3 Å². The van der Waals surface area contributed by atoms with E-state index in [4.69, 9.17) is 13.9 Å². The Bertz CT molecular complexity index is 444. The third kappa shape index (κ3) is 2.46. The van der Waals surface area contributed by atoms with Gasteiger partial charge in [-0.3, -0.25) is 4.79 Å². The number of aliphatic carboxylic acids is 1. The van der Waals surface area contributed by atoms with Crippen LogP contribution in [-0.2, 0) is 17.6 Å². The lowest BCUT2D eigenvalue weighted by Gasteiger charge is -1.89. The van der Waals surface area contributed by atoms with Gasteiger partial charge in [-0.25, -0.2) is 4.98 Å². The average molecular weight is 207 g/mol. The maximum atomic E-state index is 10.4. The number of hydrogen-bond acceptors (Lipinski definition) is 4. The molecule has 0 fully saturated rings. The maximum absolute atomic E-state index is 10.4. The molecule has 5 nitrogen and oxygen atoms in total. The summed E-state index contributed by atoms with van der Waals surface area (Å²) in [7, 11) is 0. The van der Waals surface area contributed by atoms with Crippen LogP contribution in [0.5, 0.6) is 0 Å². The minimum atomic E-state index is -0.923. The van der Waals surface area contributed by atoms with E-state index in [1.165, 1.54) is 6.26 Å². The van der Waals surface area contributed by atoms with Crippen molar-refractivity contribution in [3.05, 3.63) is 42.0 Å². The fourth-order valence-corrected chi connectivity index (χ4v) is 1.23. The third-order valence-electron chi connectivity index (χ3n) is 1.84. The molecule has 0 aromatic carbocycles. The molecule has 0 saturated heterocycles. The number of aromatic nitrogens is 1. The van der Waals surface area contributed by atoms with Crippen LogP contribution in [0.15, 0.2) is 33.5 Å². The van der Waals surface area contributed by atoms with Gasteiger partial charge in [-0.15, -0.1) is 0 Å². The van der Waals surface area contributed by atoms with Crippen LogP contribution in [0.4, 0.5) is 0 Å². The summed E-state index contributed by atoms with van der Waals surface area (Å²) in [5, 5.41) is 8.53. The van der Waals surface area contributed by atoms with Crippen molar-refractivity contribution in [1.82, 2.24) is 4.98 Å². The first-order valence-electron chi connectivity index (χ1n) is 4.41. The van der Waals surface area contributed by atoms with Gasteiger partial charge in [0, 0.05) is 0 Å². The molecule has 0 atom stereocenters. The highest BCUT2D eigenvalue weighted by molar-refractivity contribution is 5.69. The zero-order valence-corrected chi connectivity index (χ0v) is 7.84. The van der Waals surface area contributed by atoms with Crippen molar-refractivity contribution in [3.63, 3.8) is 0 Å². The first kappa shape index (κ1) is 9.51. The molecule has 15 heavy (non-hydrogen) atoms. The summed E-state index contributed by atoms with van der Waals surface area (Å²) in [6, 6.07) is 3.58. The topological polar surface area (TPSA) is 76.5 Å². The zero-order valence-electron chi connectivity index (χ0n) is 7.84. The summed E-state index contributed by atoms with van der Waals surface area (Å²) in [5.41, 5.74) is 0.420. The average Bonchev–Trinajstić information content (AvgIpc) is 2.77. The molecule has 5 heteroatoms. The second-order valence-corrected chi connectivity index (χ2v) is 3.06. The fraction of sp³-hybridized carbons (Fsp3) is 0.200. The van der Waals surface area contributed by atoms with E-state index in [1.54, 1.807) is 18.4 Å². The molecular weight excluding hydrogens is 198 g/mol. The summed E-state index contributed by atoms with van der Waals surface area (Å²) in [4.78, 5) is 14.4. The molecule has 1 N–H and O–H groups in total. The van der Waals surface area contributed by atoms with Gasteiger partial charge in [0.05, 0.1) is 24.8 Å². The molecule has 78 valence electrons. The number of carboxylic acid groups (broad SMARTS) is 1. The Kier molecular flexibility index (Phi) is 2.53. The molecular formula is C10H9NO4. The van der Waals surface area contributed by atoms with E-state index < -0.39 is 5.97 Å². The van der Waals surface area contributed by atoms with E-state index in [2.05, 4.69) is 4.98 Å². The minimum absolute atomic E-state index is 0.123. The van der Waals surface area contributed by atoms with Gasteiger partial charge in [-0.05, 0) is 12.1 Å². The monoisotopic (exact) mass is 207 g/mol. The summed E-state index contributed by atoms with van der Waals surface area (Å²) in [6.07, 6.45) is 3.23. The highest BCUT2D eigenvalue weighted by Gasteiger charge is 2.09. The molecule has 0 aliphatic carbocycles. The van der Waals surface area contributed by atoms with Crippen molar-refractivity contribution < 1.29 is 18.7 Å². The second-order valence-electron chi connectivity index (χ2n) is 3.06. The molecule has 0 bridgehead atoms. The number of oxazole rings is 1. The molecule has 2 aromatic heterocycles. The molecule has 0 aliphatic heterocycles. The van der Waals surface area contributed by atoms with Crippen LogP contribution in [0.25, 0.3) is 0 Å². The Balaban J connectivity index is 2.04. The van der Waals surface area contributed by atoms with Crippen LogP contribution in [-0.4, -0.2) is 16.1 Å². The molecule has 0 aliphatic rings. The Morgan fingerprint density at radius 2 is 2.33 bits per heavy atom. The Labute approximate surface area is 85.3 Å². The van der Waals surface area contributed by atoms with Gasteiger partial charge in [-0.1, -0.05) is 0 Å². The van der Waals surface area contributed by atoms with Crippen LogP contribution in [0.3, 0.4) is 0 Å². The van der Waals surface area contributed by atoms with E-state index in [0.29, 0.717) is 18.0 Å². The van der Waals surface area contributed by atoms with Crippen molar-refractivity contribution in [2.24, 2.45) is 0 Å². The number of nitrogens with zero attached hydrogens (tertiary/aromatic N) is 1. The van der Waals surface area contributed by atoms with Gasteiger partial charge in [0.2, 0.25) is 5.89 Å². The lowest BCUT2D eigenvalue weighted by molar-refractivity contribution is -0.136. The largest absolute Gasteiger partial charge is 0.481 e. The maximum Gasteiger partial charge on any atom is 0.309 e. The predicted octanol–water partition coefficient (Wildman–Crippen LogP) is 1.49. The number of rotatable bonds is 4. The van der Waals surface area contributed by atoms with Crippen molar-refractivity contribution in [2.45, 2.75) is 12.8 Å². The van der Waals surface area contributed by atoms with E-state index in [9.17, 15) is 4.79 Å². The molecule has 2 rings (SSSR count). The van der Waals surface area contributed by atoms with Gasteiger partial charge in [0.15, 0.2) is 0 Å². The number of carboxylic acids is 1. The fourth-order valence-electron chi connectivity index (χ4n) is 1.23. The zero-order chi connectivity index (χ0) is 10.7. The molecule has 0 saturated carbocycles. The van der Waals surface area contributed by atoms with Crippen LogP contribution < -0.4 is 0 Å². The smallest absolute Gasteiger partial charge is 0.309 e. The van der Waals surface area contributed by atoms with Crippen LogP contribution in [0, 0.1) is 0 Å². The van der Waals surface area contributed by atoms with Crippen molar-refractivity contribution in [3.8, 4) is 0 Å². The quantitative estimate of drug-likeness (QED) is 0.821. The molecule has 2 heterocycles. The summed E-state index contributed by atoms with van der Waals surface area (Å²) < 4.78 is 10.2. The van der Waals surface area contributed by atoms with Crippen molar-refractivity contribution in [1.29, 1.82) is 0 Å². The van der Waals surface area contributed by atoms with Gasteiger partial charge in [0.25, 0.3) is 0 Å². The number of furan rings is 1. The van der Waals surface area contributed by atoms with Gasteiger partial charge in [0.1, 0.15) is 12.0 Å². The third-order valence-corrected chi connectivity index (χ3v) is 1.84. The summed E-state index contributed by atoms with van der Waals surface area (Å²) in [6.45, 7) is 0. The normalized spacial score (nSPS) is 10.4. The molecule has 0 spiro atoms. The highest BCUT2D eigenvalue weighted by Crippen LogP contribution is 2.10. The van der Waals surface area contributed by atoms with E-state index in [-0.39, 0.29) is 6.42 Å². The standard InChI is InChI=1S/C10H9NO4/c12-10(13)4-7-6-15-9(11-7)5-8-2-1-3-14-8/h1-3,6H,4-5H2,(H,12,13). The molecule has 2 aromatic rings. The minimum Gasteiger partial charge on any atom is -0.481 e. The molecule has 0 radical (unpaired) electrons. The predicted molar refractivity (Wildman–Crippen MR) is 49.4 cm³/mol. The molecule has 0 unspecified atom stereocenters. The van der Waals surface area contributed by atoms with Crippen molar-refractivity contribution >= 4 is 5.97 Å². The van der Waals surface area contributed by atoms with Gasteiger partial charge >= 0.3 is 5.97 Å². The van der Waals surface area contributed by atoms with E-state index in [0.717, 1.165) is 5.76 Å². The Hall–Kier alpha value is -2.04. The molecule has 0 amide bonds. The SMILES string of the molecule is O=C(O)Cc1coc(Cc2ccco2)n1. The Morgan fingerprint density at radius 3 is 3.00 bits per heavy atom.